The van der Waals surface area contributed by atoms with Crippen molar-refractivity contribution in [3.8, 4) is 0 Å². The van der Waals surface area contributed by atoms with Gasteiger partial charge in [0.15, 0.2) is 0 Å². The number of rotatable bonds is 3. The molecule has 4 heterocycles. The molecule has 24 heavy (non-hydrogen) atoms. The molecule has 0 N–H and O–H groups in total. The quantitative estimate of drug-likeness (QED) is 0.859. The first-order valence-corrected chi connectivity index (χ1v) is 9.60. The maximum atomic E-state index is 12.6. The first-order chi connectivity index (χ1) is 11.7. The van der Waals surface area contributed by atoms with E-state index in [2.05, 4.69) is 39.8 Å². The number of hydrogen-bond acceptors (Lipinski definition) is 4. The summed E-state index contributed by atoms with van der Waals surface area (Å²) in [6.07, 6.45) is 5.64. The van der Waals surface area contributed by atoms with Crippen molar-refractivity contribution in [3.05, 3.63) is 40.6 Å². The van der Waals surface area contributed by atoms with Crippen molar-refractivity contribution >= 4 is 17.2 Å². The molecule has 1 atom stereocenters. The van der Waals surface area contributed by atoms with Gasteiger partial charge in [0.2, 0.25) is 0 Å². The molecule has 5 nitrogen and oxygen atoms in total. The van der Waals surface area contributed by atoms with E-state index in [-0.39, 0.29) is 11.3 Å². The molecular weight excluding hydrogens is 320 g/mol. The molecule has 0 aromatic carbocycles. The number of aromatic nitrogens is 2. The number of thiazole rings is 1. The fourth-order valence-corrected chi connectivity index (χ4v) is 4.77. The lowest BCUT2D eigenvalue weighted by Crippen LogP contribution is -2.47. The standard InChI is InChI=1S/C18H24N4OS/c1-20-7-2-4-15(20)10-21-9-6-18(12-21)5-3-8-22(13-18)17(23)16-11-24-14-19-16/h2,4,7,11,14H,3,5-6,8-10,12-13H2,1H3. The number of hydrogen-bond donors (Lipinski definition) is 0. The van der Waals surface area contributed by atoms with Crippen LogP contribution in [0.2, 0.25) is 0 Å². The largest absolute Gasteiger partial charge is 0.353 e. The zero-order valence-electron chi connectivity index (χ0n) is 14.1. The van der Waals surface area contributed by atoms with Crippen LogP contribution in [-0.4, -0.2) is 51.4 Å². The minimum Gasteiger partial charge on any atom is -0.353 e. The maximum Gasteiger partial charge on any atom is 0.273 e. The predicted molar refractivity (Wildman–Crippen MR) is 95.0 cm³/mol. The Bertz CT molecular complexity index is 710. The molecule has 1 spiro atoms. The van der Waals surface area contributed by atoms with Crippen molar-refractivity contribution in [2.24, 2.45) is 12.5 Å². The van der Waals surface area contributed by atoms with Gasteiger partial charge in [0.1, 0.15) is 5.69 Å². The number of likely N-dealkylation sites (tertiary alicyclic amines) is 2. The SMILES string of the molecule is Cn1cccc1CN1CCC2(CCCN(C(=O)c3cscn3)C2)C1. The minimum absolute atomic E-state index is 0.108. The predicted octanol–water partition coefficient (Wildman–Crippen LogP) is 2.61. The molecule has 1 unspecified atom stereocenters. The van der Waals surface area contributed by atoms with Gasteiger partial charge >= 0.3 is 0 Å². The Labute approximate surface area is 146 Å². The van der Waals surface area contributed by atoms with Gasteiger partial charge in [-0.25, -0.2) is 4.98 Å². The fourth-order valence-electron chi connectivity index (χ4n) is 4.25. The van der Waals surface area contributed by atoms with Gasteiger partial charge in [0, 0.05) is 55.9 Å². The van der Waals surface area contributed by atoms with Crippen molar-refractivity contribution in [3.63, 3.8) is 0 Å². The number of nitrogens with zero attached hydrogens (tertiary/aromatic N) is 4. The molecule has 128 valence electrons. The van der Waals surface area contributed by atoms with E-state index >= 15 is 0 Å². The van der Waals surface area contributed by atoms with Crippen molar-refractivity contribution in [2.75, 3.05) is 26.2 Å². The van der Waals surface area contributed by atoms with Gasteiger partial charge in [-0.05, 0) is 37.9 Å². The summed E-state index contributed by atoms with van der Waals surface area (Å²) in [5, 5.41) is 1.86. The molecule has 4 rings (SSSR count). The lowest BCUT2D eigenvalue weighted by molar-refractivity contribution is 0.0521. The smallest absolute Gasteiger partial charge is 0.273 e. The lowest BCUT2D eigenvalue weighted by Gasteiger charge is -2.40. The van der Waals surface area contributed by atoms with Gasteiger partial charge in [-0.3, -0.25) is 9.69 Å². The van der Waals surface area contributed by atoms with Crippen molar-refractivity contribution in [2.45, 2.75) is 25.8 Å². The summed E-state index contributed by atoms with van der Waals surface area (Å²) in [6, 6.07) is 4.31. The second kappa shape index (κ2) is 6.33. The van der Waals surface area contributed by atoms with E-state index in [4.69, 9.17) is 0 Å². The first-order valence-electron chi connectivity index (χ1n) is 8.65. The maximum absolute atomic E-state index is 12.6. The third-order valence-corrected chi connectivity index (χ3v) is 6.14. The van der Waals surface area contributed by atoms with Gasteiger partial charge in [0.25, 0.3) is 5.91 Å². The number of carbonyl (C=O) groups excluding carboxylic acids is 1. The van der Waals surface area contributed by atoms with Crippen LogP contribution in [-0.2, 0) is 13.6 Å². The van der Waals surface area contributed by atoms with Gasteiger partial charge in [-0.15, -0.1) is 11.3 Å². The molecule has 1 amide bonds. The summed E-state index contributed by atoms with van der Waals surface area (Å²) >= 11 is 1.49. The number of aryl methyl sites for hydroxylation is 1. The van der Waals surface area contributed by atoms with E-state index in [1.54, 1.807) is 5.51 Å². The Morgan fingerprint density at radius 2 is 2.25 bits per heavy atom. The second-order valence-electron chi connectivity index (χ2n) is 7.28. The number of amides is 1. The molecule has 2 aliphatic rings. The molecule has 2 aromatic heterocycles. The molecule has 2 fully saturated rings. The first kappa shape index (κ1) is 15.8. The highest BCUT2D eigenvalue weighted by molar-refractivity contribution is 7.07. The summed E-state index contributed by atoms with van der Waals surface area (Å²) in [7, 11) is 2.11. The highest BCUT2D eigenvalue weighted by atomic mass is 32.1. The summed E-state index contributed by atoms with van der Waals surface area (Å²) in [4.78, 5) is 21.4. The van der Waals surface area contributed by atoms with E-state index < -0.39 is 0 Å². The molecule has 0 saturated carbocycles. The molecule has 2 saturated heterocycles. The summed E-state index contributed by atoms with van der Waals surface area (Å²) in [5.41, 5.74) is 3.98. The molecule has 0 radical (unpaired) electrons. The van der Waals surface area contributed by atoms with E-state index in [9.17, 15) is 4.79 Å². The van der Waals surface area contributed by atoms with Crippen LogP contribution in [0.3, 0.4) is 0 Å². The van der Waals surface area contributed by atoms with Crippen molar-refractivity contribution < 1.29 is 4.79 Å². The van der Waals surface area contributed by atoms with Crippen LogP contribution in [0.1, 0.15) is 35.4 Å². The van der Waals surface area contributed by atoms with Crippen LogP contribution in [0.15, 0.2) is 29.2 Å². The van der Waals surface area contributed by atoms with Crippen LogP contribution in [0.4, 0.5) is 0 Å². The van der Waals surface area contributed by atoms with Crippen LogP contribution in [0, 0.1) is 5.41 Å². The third-order valence-electron chi connectivity index (χ3n) is 5.55. The monoisotopic (exact) mass is 344 g/mol. The second-order valence-corrected chi connectivity index (χ2v) is 7.99. The Morgan fingerprint density at radius 1 is 1.33 bits per heavy atom. The third kappa shape index (κ3) is 3.00. The van der Waals surface area contributed by atoms with E-state index in [1.165, 1.54) is 29.9 Å². The van der Waals surface area contributed by atoms with Crippen LogP contribution >= 0.6 is 11.3 Å². The average Bonchev–Trinajstić information content (AvgIpc) is 3.31. The Balaban J connectivity index is 1.42. The average molecular weight is 344 g/mol. The lowest BCUT2D eigenvalue weighted by atomic mass is 9.79. The van der Waals surface area contributed by atoms with Crippen LogP contribution in [0.25, 0.3) is 0 Å². The van der Waals surface area contributed by atoms with Gasteiger partial charge in [0.05, 0.1) is 5.51 Å². The Hall–Kier alpha value is -1.66. The van der Waals surface area contributed by atoms with E-state index in [0.29, 0.717) is 5.69 Å². The zero-order valence-corrected chi connectivity index (χ0v) is 15.0. The molecule has 6 heteroatoms. The summed E-state index contributed by atoms with van der Waals surface area (Å²) < 4.78 is 2.20. The van der Waals surface area contributed by atoms with Gasteiger partial charge < -0.3 is 9.47 Å². The van der Waals surface area contributed by atoms with E-state index in [1.807, 2.05) is 10.3 Å². The van der Waals surface area contributed by atoms with Gasteiger partial charge in [-0.2, -0.15) is 0 Å². The fraction of sp³-hybridized carbons (Fsp3) is 0.556. The topological polar surface area (TPSA) is 41.4 Å². The van der Waals surface area contributed by atoms with Crippen molar-refractivity contribution in [1.29, 1.82) is 0 Å². The normalized spacial score (nSPS) is 24.8. The number of carbonyl (C=O) groups is 1. The highest BCUT2D eigenvalue weighted by Crippen LogP contribution is 2.39. The van der Waals surface area contributed by atoms with Crippen LogP contribution in [0.5, 0.6) is 0 Å². The Morgan fingerprint density at radius 3 is 3.00 bits per heavy atom. The minimum atomic E-state index is 0.108. The molecule has 2 aromatic rings. The molecule has 0 aliphatic carbocycles. The molecule has 2 aliphatic heterocycles. The van der Waals surface area contributed by atoms with Crippen molar-refractivity contribution in [1.82, 2.24) is 19.4 Å². The zero-order chi connectivity index (χ0) is 16.6. The summed E-state index contributed by atoms with van der Waals surface area (Å²) in [5.74, 6) is 0.108. The highest BCUT2D eigenvalue weighted by Gasteiger charge is 2.42. The number of piperidine rings is 1. The van der Waals surface area contributed by atoms with Gasteiger partial charge in [-0.1, -0.05) is 0 Å². The molecular formula is C18H24N4OS. The van der Waals surface area contributed by atoms with Crippen LogP contribution < -0.4 is 0 Å². The van der Waals surface area contributed by atoms with E-state index in [0.717, 1.165) is 39.1 Å². The Kier molecular flexibility index (Phi) is 4.18. The molecule has 0 bridgehead atoms. The summed E-state index contributed by atoms with van der Waals surface area (Å²) in [6.45, 7) is 4.98.